The van der Waals surface area contributed by atoms with Gasteiger partial charge in [0, 0.05) is 18.6 Å². The lowest BCUT2D eigenvalue weighted by atomic mass is 10.1. The van der Waals surface area contributed by atoms with Crippen LogP contribution in [-0.4, -0.2) is 47.6 Å². The molecule has 2 amide bonds. The first-order chi connectivity index (χ1) is 10.4. The van der Waals surface area contributed by atoms with Gasteiger partial charge in [0.05, 0.1) is 5.88 Å². The number of thioether (sulfide) groups is 1. The van der Waals surface area contributed by atoms with Crippen molar-refractivity contribution < 1.29 is 14.3 Å². The van der Waals surface area contributed by atoms with Crippen LogP contribution in [0.5, 0.6) is 0 Å². The molecule has 0 radical (unpaired) electrons. The number of aryl methyl sites for hydroxylation is 2. The highest BCUT2D eigenvalue weighted by atomic mass is 32.2. The van der Waals surface area contributed by atoms with Gasteiger partial charge < -0.3 is 15.0 Å². The van der Waals surface area contributed by atoms with Gasteiger partial charge in [0.2, 0.25) is 5.91 Å². The van der Waals surface area contributed by atoms with Crippen LogP contribution in [-0.2, 0) is 14.3 Å². The van der Waals surface area contributed by atoms with E-state index in [4.69, 9.17) is 4.74 Å². The van der Waals surface area contributed by atoms with Gasteiger partial charge in [-0.1, -0.05) is 17.7 Å². The van der Waals surface area contributed by atoms with Crippen molar-refractivity contribution in [3.05, 3.63) is 29.3 Å². The average Bonchev–Trinajstić information content (AvgIpc) is 2.98. The van der Waals surface area contributed by atoms with Crippen molar-refractivity contribution in [1.82, 2.24) is 4.90 Å². The first-order valence-corrected chi connectivity index (χ1v) is 8.38. The third-order valence-corrected chi connectivity index (χ3v) is 4.82. The molecule has 0 spiro atoms. The van der Waals surface area contributed by atoms with Crippen molar-refractivity contribution in [2.75, 3.05) is 24.1 Å². The molecule has 1 heterocycles. The SMILES string of the molecule is CO[C@@H](C)C(=O)N1CSC[C@H]1C(=O)Nc1ccc(C)cc1C. The summed E-state index contributed by atoms with van der Waals surface area (Å²) in [6, 6.07) is 5.43. The fraction of sp³-hybridized carbons (Fsp3) is 0.500. The monoisotopic (exact) mass is 322 g/mol. The van der Waals surface area contributed by atoms with E-state index >= 15 is 0 Å². The van der Waals surface area contributed by atoms with Crippen LogP contribution in [0.25, 0.3) is 0 Å². The maximum absolute atomic E-state index is 12.5. The van der Waals surface area contributed by atoms with Gasteiger partial charge in [-0.2, -0.15) is 0 Å². The number of anilines is 1. The number of ether oxygens (including phenoxy) is 1. The van der Waals surface area contributed by atoms with Crippen LogP contribution in [0.2, 0.25) is 0 Å². The number of rotatable bonds is 4. The van der Waals surface area contributed by atoms with Gasteiger partial charge in [0.25, 0.3) is 5.91 Å². The molecule has 2 rings (SSSR count). The molecule has 6 heteroatoms. The molecule has 0 aliphatic carbocycles. The predicted molar refractivity (Wildman–Crippen MR) is 89.0 cm³/mol. The van der Waals surface area contributed by atoms with E-state index in [0.717, 1.165) is 16.8 Å². The van der Waals surface area contributed by atoms with Crippen molar-refractivity contribution in [2.45, 2.75) is 32.9 Å². The fourth-order valence-corrected chi connectivity index (χ4v) is 3.55. The number of carbonyl (C=O) groups excluding carboxylic acids is 2. The lowest BCUT2D eigenvalue weighted by Crippen LogP contribution is -2.48. The quantitative estimate of drug-likeness (QED) is 0.923. The summed E-state index contributed by atoms with van der Waals surface area (Å²) in [6.45, 7) is 5.67. The van der Waals surface area contributed by atoms with E-state index in [0.29, 0.717) is 11.6 Å². The zero-order valence-electron chi connectivity index (χ0n) is 13.4. The molecule has 0 aromatic heterocycles. The number of nitrogens with one attached hydrogen (secondary N) is 1. The Kier molecular flexibility index (Phi) is 5.47. The molecule has 2 atom stereocenters. The Bertz CT molecular complexity index is 577. The van der Waals surface area contributed by atoms with Crippen molar-refractivity contribution >= 4 is 29.3 Å². The zero-order chi connectivity index (χ0) is 16.3. The second-order valence-corrected chi connectivity index (χ2v) is 6.51. The van der Waals surface area contributed by atoms with Crippen molar-refractivity contribution in [3.63, 3.8) is 0 Å². The van der Waals surface area contributed by atoms with Crippen LogP contribution in [0, 0.1) is 13.8 Å². The van der Waals surface area contributed by atoms with E-state index in [1.807, 2.05) is 32.0 Å². The van der Waals surface area contributed by atoms with E-state index in [1.54, 1.807) is 23.6 Å². The van der Waals surface area contributed by atoms with Gasteiger partial charge in [-0.15, -0.1) is 11.8 Å². The fourth-order valence-electron chi connectivity index (χ4n) is 2.38. The zero-order valence-corrected chi connectivity index (χ0v) is 14.2. The third kappa shape index (κ3) is 3.62. The summed E-state index contributed by atoms with van der Waals surface area (Å²) in [5, 5.41) is 2.93. The summed E-state index contributed by atoms with van der Waals surface area (Å²) in [6.07, 6.45) is -0.532. The summed E-state index contributed by atoms with van der Waals surface area (Å²) < 4.78 is 5.07. The molecule has 1 N–H and O–H groups in total. The van der Waals surface area contributed by atoms with Gasteiger partial charge in [-0.25, -0.2) is 0 Å². The molecule has 1 saturated heterocycles. The average molecular weight is 322 g/mol. The molecular weight excluding hydrogens is 300 g/mol. The number of benzene rings is 1. The van der Waals surface area contributed by atoms with Crippen molar-refractivity contribution in [2.24, 2.45) is 0 Å². The lowest BCUT2D eigenvalue weighted by molar-refractivity contribution is -0.144. The topological polar surface area (TPSA) is 58.6 Å². The number of hydrogen-bond acceptors (Lipinski definition) is 4. The highest BCUT2D eigenvalue weighted by Gasteiger charge is 2.36. The Hall–Kier alpha value is -1.53. The van der Waals surface area contributed by atoms with Gasteiger partial charge in [0.1, 0.15) is 12.1 Å². The van der Waals surface area contributed by atoms with Gasteiger partial charge in [-0.3, -0.25) is 9.59 Å². The number of carbonyl (C=O) groups is 2. The normalized spacial score (nSPS) is 19.1. The minimum atomic E-state index is -0.532. The molecule has 1 aromatic carbocycles. The van der Waals surface area contributed by atoms with E-state index in [1.165, 1.54) is 7.11 Å². The van der Waals surface area contributed by atoms with E-state index in [2.05, 4.69) is 5.32 Å². The lowest BCUT2D eigenvalue weighted by Gasteiger charge is -2.25. The molecule has 0 unspecified atom stereocenters. The van der Waals surface area contributed by atoms with Gasteiger partial charge in [0.15, 0.2) is 0 Å². The van der Waals surface area contributed by atoms with E-state index < -0.39 is 12.1 Å². The largest absolute Gasteiger partial charge is 0.372 e. The van der Waals surface area contributed by atoms with Gasteiger partial charge in [-0.05, 0) is 32.4 Å². The maximum Gasteiger partial charge on any atom is 0.252 e. The standard InChI is InChI=1S/C16H22N2O3S/c1-10-5-6-13(11(2)7-10)17-15(19)14-8-22-9-18(14)16(20)12(3)21-4/h5-7,12,14H,8-9H2,1-4H3,(H,17,19)/t12-,14-/m0/s1. The van der Waals surface area contributed by atoms with Gasteiger partial charge >= 0.3 is 0 Å². The highest BCUT2D eigenvalue weighted by molar-refractivity contribution is 7.99. The molecule has 0 bridgehead atoms. The smallest absolute Gasteiger partial charge is 0.252 e. The summed E-state index contributed by atoms with van der Waals surface area (Å²) in [7, 11) is 1.50. The van der Waals surface area contributed by atoms with E-state index in [-0.39, 0.29) is 11.8 Å². The van der Waals surface area contributed by atoms with Crippen LogP contribution in [0.3, 0.4) is 0 Å². The maximum atomic E-state index is 12.5. The summed E-state index contributed by atoms with van der Waals surface area (Å²) in [5.74, 6) is 0.845. The Balaban J connectivity index is 2.09. The molecule has 1 aliphatic rings. The second-order valence-electron chi connectivity index (χ2n) is 5.51. The molecule has 1 aliphatic heterocycles. The summed E-state index contributed by atoms with van der Waals surface area (Å²) in [5.41, 5.74) is 2.96. The number of nitrogens with zero attached hydrogens (tertiary/aromatic N) is 1. The molecule has 120 valence electrons. The first-order valence-electron chi connectivity index (χ1n) is 7.23. The van der Waals surface area contributed by atoms with Crippen LogP contribution >= 0.6 is 11.8 Å². The van der Waals surface area contributed by atoms with Crippen molar-refractivity contribution in [3.8, 4) is 0 Å². The van der Waals surface area contributed by atoms with E-state index in [9.17, 15) is 9.59 Å². The van der Waals surface area contributed by atoms with Crippen molar-refractivity contribution in [1.29, 1.82) is 0 Å². The first kappa shape index (κ1) is 16.8. The second kappa shape index (κ2) is 7.15. The molecule has 1 aromatic rings. The van der Waals surface area contributed by atoms with Crippen LogP contribution in [0.1, 0.15) is 18.1 Å². The molecule has 1 fully saturated rings. The molecule has 5 nitrogen and oxygen atoms in total. The Labute approximate surface area is 135 Å². The summed E-state index contributed by atoms with van der Waals surface area (Å²) in [4.78, 5) is 26.4. The molecule has 0 saturated carbocycles. The summed E-state index contributed by atoms with van der Waals surface area (Å²) >= 11 is 1.58. The number of methoxy groups -OCH3 is 1. The minimum Gasteiger partial charge on any atom is -0.372 e. The number of amides is 2. The minimum absolute atomic E-state index is 0.145. The number of hydrogen-bond donors (Lipinski definition) is 1. The molecule has 22 heavy (non-hydrogen) atoms. The van der Waals surface area contributed by atoms with Crippen LogP contribution in [0.4, 0.5) is 5.69 Å². The Morgan fingerprint density at radius 3 is 2.77 bits per heavy atom. The highest BCUT2D eigenvalue weighted by Crippen LogP contribution is 2.24. The Morgan fingerprint density at radius 2 is 2.14 bits per heavy atom. The predicted octanol–water partition coefficient (Wildman–Crippen LogP) is 2.18. The van der Waals surface area contributed by atoms with Crippen LogP contribution in [0.15, 0.2) is 18.2 Å². The Morgan fingerprint density at radius 1 is 1.41 bits per heavy atom. The molecular formula is C16H22N2O3S. The van der Waals surface area contributed by atoms with Crippen LogP contribution < -0.4 is 5.32 Å². The third-order valence-electron chi connectivity index (χ3n) is 3.81.